The van der Waals surface area contributed by atoms with Crippen LogP contribution in [0.4, 0.5) is 11.4 Å². The van der Waals surface area contributed by atoms with Crippen LogP contribution in [-0.4, -0.2) is 15.7 Å². The molecule has 6 nitrogen and oxygen atoms in total. The van der Waals surface area contributed by atoms with Gasteiger partial charge in [-0.2, -0.15) is 10.4 Å². The second kappa shape index (κ2) is 7.00. The van der Waals surface area contributed by atoms with Crippen LogP contribution in [0, 0.1) is 11.3 Å². The van der Waals surface area contributed by atoms with Gasteiger partial charge in [-0.05, 0) is 17.7 Å². The van der Waals surface area contributed by atoms with Crippen LogP contribution in [0.15, 0.2) is 70.6 Å². The van der Waals surface area contributed by atoms with E-state index in [4.69, 9.17) is 10.4 Å². The summed E-state index contributed by atoms with van der Waals surface area (Å²) < 4.78 is 0. The SMILES string of the molecule is N#CCc1nc2sc3c(c2c(=O)[nH]1)N(c1ccccc1)N=C(c1ccccc1)C3. The minimum atomic E-state index is -0.239. The van der Waals surface area contributed by atoms with E-state index in [-0.39, 0.29) is 12.0 Å². The molecule has 2 aromatic heterocycles. The molecule has 0 aliphatic carbocycles. The number of H-pyrrole nitrogens is 1. The number of aromatic amines is 1. The molecule has 0 atom stereocenters. The van der Waals surface area contributed by atoms with Crippen LogP contribution < -0.4 is 10.6 Å². The zero-order valence-electron chi connectivity index (χ0n) is 15.3. The van der Waals surface area contributed by atoms with Crippen LogP contribution in [0.5, 0.6) is 0 Å². The van der Waals surface area contributed by atoms with Gasteiger partial charge in [-0.3, -0.25) is 4.79 Å². The lowest BCUT2D eigenvalue weighted by Gasteiger charge is -2.26. The van der Waals surface area contributed by atoms with Crippen molar-refractivity contribution in [2.45, 2.75) is 12.8 Å². The molecule has 5 rings (SSSR count). The van der Waals surface area contributed by atoms with Gasteiger partial charge in [0.25, 0.3) is 5.56 Å². The number of fused-ring (bicyclic) bond motifs is 3. The highest BCUT2D eigenvalue weighted by Crippen LogP contribution is 2.42. The molecule has 3 heterocycles. The quantitative estimate of drug-likeness (QED) is 0.563. The largest absolute Gasteiger partial charge is 0.309 e. The highest BCUT2D eigenvalue weighted by molar-refractivity contribution is 7.19. The average Bonchev–Trinajstić information content (AvgIpc) is 3.13. The lowest BCUT2D eigenvalue weighted by atomic mass is 10.0. The van der Waals surface area contributed by atoms with E-state index in [1.165, 1.54) is 11.3 Å². The molecular formula is C22H15N5OS. The van der Waals surface area contributed by atoms with Gasteiger partial charge in [0.1, 0.15) is 16.0 Å². The number of benzene rings is 2. The number of aromatic nitrogens is 2. The number of thiophene rings is 1. The topological polar surface area (TPSA) is 85.1 Å². The van der Waals surface area contributed by atoms with Crippen molar-refractivity contribution in [1.82, 2.24) is 9.97 Å². The molecule has 1 aliphatic rings. The molecule has 29 heavy (non-hydrogen) atoms. The Balaban J connectivity index is 1.75. The molecule has 0 amide bonds. The first kappa shape index (κ1) is 17.3. The third-order valence-electron chi connectivity index (χ3n) is 4.77. The standard InChI is InChI=1S/C22H15N5OS/c23-12-11-18-24-21(28)19-20-17(29-22(19)25-18)13-16(14-7-3-1-4-8-14)26-27(20)15-9-5-2-6-10-15/h1-10H,11,13H2,(H,24,25,28). The van der Waals surface area contributed by atoms with Crippen LogP contribution in [-0.2, 0) is 12.8 Å². The van der Waals surface area contributed by atoms with E-state index in [1.54, 1.807) is 0 Å². The Kier molecular flexibility index (Phi) is 4.19. The van der Waals surface area contributed by atoms with Gasteiger partial charge in [-0.25, -0.2) is 9.99 Å². The molecule has 0 fully saturated rings. The molecule has 140 valence electrons. The van der Waals surface area contributed by atoms with Crippen LogP contribution in [0.3, 0.4) is 0 Å². The number of nitriles is 1. The van der Waals surface area contributed by atoms with Gasteiger partial charge in [0.05, 0.1) is 29.6 Å². The first-order valence-corrected chi connectivity index (χ1v) is 9.96. The lowest BCUT2D eigenvalue weighted by Crippen LogP contribution is -2.23. The Bertz CT molecular complexity index is 1330. The second-order valence-electron chi connectivity index (χ2n) is 6.64. The number of hydrogen-bond donors (Lipinski definition) is 1. The predicted octanol–water partition coefficient (Wildman–Crippen LogP) is 4.15. The molecule has 0 bridgehead atoms. The fourth-order valence-corrected chi connectivity index (χ4v) is 4.67. The summed E-state index contributed by atoms with van der Waals surface area (Å²) in [5.41, 5.74) is 3.39. The molecule has 0 saturated heterocycles. The molecule has 4 aromatic rings. The summed E-state index contributed by atoms with van der Waals surface area (Å²) in [6, 6.07) is 21.9. The normalized spacial score (nSPS) is 13.1. The summed E-state index contributed by atoms with van der Waals surface area (Å²) in [6.45, 7) is 0. The maximum Gasteiger partial charge on any atom is 0.261 e. The Morgan fingerprint density at radius 2 is 1.83 bits per heavy atom. The number of nitrogens with zero attached hydrogens (tertiary/aromatic N) is 4. The molecule has 7 heteroatoms. The average molecular weight is 397 g/mol. The van der Waals surface area contributed by atoms with Gasteiger partial charge in [0, 0.05) is 11.3 Å². The molecule has 0 saturated carbocycles. The molecule has 1 N–H and O–H groups in total. The fourth-order valence-electron chi connectivity index (χ4n) is 3.49. The maximum atomic E-state index is 12.9. The monoisotopic (exact) mass is 397 g/mol. The highest BCUT2D eigenvalue weighted by atomic mass is 32.1. The Morgan fingerprint density at radius 3 is 2.55 bits per heavy atom. The second-order valence-corrected chi connectivity index (χ2v) is 7.72. The Labute approximate surface area is 170 Å². The van der Waals surface area contributed by atoms with E-state index in [0.29, 0.717) is 22.5 Å². The minimum Gasteiger partial charge on any atom is -0.309 e. The van der Waals surface area contributed by atoms with Gasteiger partial charge in [-0.15, -0.1) is 11.3 Å². The third kappa shape index (κ3) is 3.00. The lowest BCUT2D eigenvalue weighted by molar-refractivity contribution is 0.998. The van der Waals surface area contributed by atoms with E-state index in [1.807, 2.05) is 71.7 Å². The van der Waals surface area contributed by atoms with E-state index in [2.05, 4.69) is 9.97 Å². The minimum absolute atomic E-state index is 0.0713. The zero-order valence-corrected chi connectivity index (χ0v) is 16.1. The van der Waals surface area contributed by atoms with Crippen molar-refractivity contribution in [1.29, 1.82) is 5.26 Å². The van der Waals surface area contributed by atoms with E-state index in [9.17, 15) is 4.79 Å². The van der Waals surface area contributed by atoms with Crippen molar-refractivity contribution < 1.29 is 0 Å². The Morgan fingerprint density at radius 1 is 1.10 bits per heavy atom. The van der Waals surface area contributed by atoms with Crippen molar-refractivity contribution in [2.24, 2.45) is 5.10 Å². The molecule has 1 aliphatic heterocycles. The van der Waals surface area contributed by atoms with Crippen molar-refractivity contribution in [3.8, 4) is 6.07 Å². The summed E-state index contributed by atoms with van der Waals surface area (Å²) in [6.07, 6.45) is 0.693. The van der Waals surface area contributed by atoms with Crippen molar-refractivity contribution in [3.63, 3.8) is 0 Å². The van der Waals surface area contributed by atoms with Crippen LogP contribution >= 0.6 is 11.3 Å². The van der Waals surface area contributed by atoms with Crippen molar-refractivity contribution in [3.05, 3.63) is 87.3 Å². The van der Waals surface area contributed by atoms with Crippen molar-refractivity contribution in [2.75, 3.05) is 5.01 Å². The Hall–Kier alpha value is -3.76. The van der Waals surface area contributed by atoms with E-state index >= 15 is 0 Å². The molecule has 0 unspecified atom stereocenters. The summed E-state index contributed by atoms with van der Waals surface area (Å²) in [7, 11) is 0. The summed E-state index contributed by atoms with van der Waals surface area (Å²) >= 11 is 1.49. The van der Waals surface area contributed by atoms with Gasteiger partial charge in [0.2, 0.25) is 0 Å². The van der Waals surface area contributed by atoms with Crippen LogP contribution in [0.2, 0.25) is 0 Å². The van der Waals surface area contributed by atoms with Gasteiger partial charge < -0.3 is 4.98 Å². The summed E-state index contributed by atoms with van der Waals surface area (Å²) in [5.74, 6) is 0.388. The van der Waals surface area contributed by atoms with Gasteiger partial charge in [-0.1, -0.05) is 48.5 Å². The number of rotatable bonds is 3. The fraction of sp³-hybridized carbons (Fsp3) is 0.0909. The summed E-state index contributed by atoms with van der Waals surface area (Å²) in [5, 5.41) is 16.2. The maximum absolute atomic E-state index is 12.9. The zero-order chi connectivity index (χ0) is 19.8. The van der Waals surface area contributed by atoms with Crippen LogP contribution in [0.1, 0.15) is 16.3 Å². The summed E-state index contributed by atoms with van der Waals surface area (Å²) in [4.78, 5) is 21.8. The predicted molar refractivity (Wildman–Crippen MR) is 115 cm³/mol. The first-order valence-electron chi connectivity index (χ1n) is 9.14. The molecular weight excluding hydrogens is 382 g/mol. The number of hydrogen-bond acceptors (Lipinski definition) is 6. The highest BCUT2D eigenvalue weighted by Gasteiger charge is 2.28. The molecule has 2 aromatic carbocycles. The number of hydrazone groups is 1. The first-order chi connectivity index (χ1) is 14.2. The third-order valence-corrected chi connectivity index (χ3v) is 5.84. The smallest absolute Gasteiger partial charge is 0.261 e. The van der Waals surface area contributed by atoms with E-state index < -0.39 is 0 Å². The number of nitrogens with one attached hydrogen (secondary N) is 1. The van der Waals surface area contributed by atoms with E-state index in [0.717, 1.165) is 27.5 Å². The number of para-hydroxylation sites is 1. The molecule has 0 radical (unpaired) electrons. The van der Waals surface area contributed by atoms with Crippen molar-refractivity contribution >= 4 is 38.6 Å². The number of anilines is 2. The van der Waals surface area contributed by atoms with Crippen LogP contribution in [0.25, 0.3) is 10.2 Å². The van der Waals surface area contributed by atoms with Gasteiger partial charge >= 0.3 is 0 Å². The van der Waals surface area contributed by atoms with Gasteiger partial charge in [0.15, 0.2) is 0 Å². The molecule has 0 spiro atoms.